The lowest BCUT2D eigenvalue weighted by Gasteiger charge is -2.16. The molecule has 0 fully saturated rings. The number of alkyl halides is 6. The molecule has 0 N–H and O–H groups in total. The van der Waals surface area contributed by atoms with Crippen LogP contribution < -0.4 is 4.74 Å². The Morgan fingerprint density at radius 1 is 1.00 bits per heavy atom. The molecular formula is C18H10F6N2O2. The minimum absolute atomic E-state index is 0.223. The Labute approximate surface area is 153 Å². The monoisotopic (exact) mass is 400 g/mol. The number of aromatic nitrogens is 2. The maximum atomic E-state index is 13.4. The SMILES string of the molecule is COc1cc(C(F)(F)F)c2nc(C(F)(F)F)cc(C(=O)c3ccccn3)c2c1. The van der Waals surface area contributed by atoms with E-state index in [1.807, 2.05) is 0 Å². The Hall–Kier alpha value is -3.17. The van der Waals surface area contributed by atoms with E-state index >= 15 is 0 Å². The lowest BCUT2D eigenvalue weighted by atomic mass is 9.98. The van der Waals surface area contributed by atoms with E-state index in [4.69, 9.17) is 4.74 Å². The topological polar surface area (TPSA) is 52.1 Å². The number of nitrogens with zero attached hydrogens (tertiary/aromatic N) is 2. The van der Waals surface area contributed by atoms with Crippen molar-refractivity contribution in [3.05, 3.63) is 65.1 Å². The molecule has 0 atom stereocenters. The van der Waals surface area contributed by atoms with Crippen molar-refractivity contribution < 1.29 is 35.9 Å². The van der Waals surface area contributed by atoms with Gasteiger partial charge in [0, 0.05) is 17.1 Å². The van der Waals surface area contributed by atoms with Gasteiger partial charge in [-0.05, 0) is 30.3 Å². The van der Waals surface area contributed by atoms with E-state index in [0.717, 1.165) is 13.2 Å². The molecule has 0 bridgehead atoms. The standard InChI is InChI=1S/C18H10F6N2O2/c1-28-9-6-10-11(16(27)13-4-2-3-5-25-13)8-14(18(22,23)24)26-15(10)12(7-9)17(19,20)21/h2-8H,1H3. The number of halogens is 6. The molecule has 0 saturated heterocycles. The van der Waals surface area contributed by atoms with Crippen LogP contribution in [0.3, 0.4) is 0 Å². The number of benzene rings is 1. The number of ether oxygens (including phenoxy) is 1. The summed E-state index contributed by atoms with van der Waals surface area (Å²) in [4.78, 5) is 19.6. The molecule has 3 aromatic rings. The van der Waals surface area contributed by atoms with Gasteiger partial charge in [-0.25, -0.2) is 4.98 Å². The van der Waals surface area contributed by atoms with Gasteiger partial charge in [-0.1, -0.05) is 6.07 Å². The molecule has 0 aliphatic carbocycles. The van der Waals surface area contributed by atoms with Crippen LogP contribution in [0.1, 0.15) is 27.3 Å². The predicted octanol–water partition coefficient (Wildman–Crippen LogP) is 4.91. The number of hydrogen-bond acceptors (Lipinski definition) is 4. The van der Waals surface area contributed by atoms with Crippen LogP contribution in [0, 0.1) is 0 Å². The highest BCUT2D eigenvalue weighted by Gasteiger charge is 2.38. The summed E-state index contributed by atoms with van der Waals surface area (Å²) < 4.78 is 84.9. The van der Waals surface area contributed by atoms with Gasteiger partial charge in [-0.3, -0.25) is 9.78 Å². The Morgan fingerprint density at radius 2 is 1.71 bits per heavy atom. The first-order valence-electron chi connectivity index (χ1n) is 7.65. The van der Waals surface area contributed by atoms with E-state index in [2.05, 4.69) is 9.97 Å². The summed E-state index contributed by atoms with van der Waals surface area (Å²) in [7, 11) is 1.10. The maximum Gasteiger partial charge on any atom is 0.433 e. The molecular weight excluding hydrogens is 390 g/mol. The van der Waals surface area contributed by atoms with Crippen molar-refractivity contribution >= 4 is 16.7 Å². The minimum Gasteiger partial charge on any atom is -0.497 e. The number of hydrogen-bond donors (Lipinski definition) is 0. The molecule has 3 rings (SSSR count). The summed E-state index contributed by atoms with van der Waals surface area (Å²) in [6.45, 7) is 0. The van der Waals surface area contributed by atoms with Crippen molar-refractivity contribution in [3.63, 3.8) is 0 Å². The van der Waals surface area contributed by atoms with Gasteiger partial charge >= 0.3 is 12.4 Å². The quantitative estimate of drug-likeness (QED) is 0.463. The highest BCUT2D eigenvalue weighted by atomic mass is 19.4. The minimum atomic E-state index is -5.06. The van der Waals surface area contributed by atoms with Crippen LogP contribution in [0.4, 0.5) is 26.3 Å². The highest BCUT2D eigenvalue weighted by Crippen LogP contribution is 2.40. The van der Waals surface area contributed by atoms with Gasteiger partial charge in [-0.2, -0.15) is 26.3 Å². The smallest absolute Gasteiger partial charge is 0.433 e. The number of methoxy groups -OCH3 is 1. The summed E-state index contributed by atoms with van der Waals surface area (Å²) in [5.41, 5.74) is -4.89. The summed E-state index contributed by atoms with van der Waals surface area (Å²) in [6, 6.07) is 6.13. The molecule has 0 amide bonds. The second kappa shape index (κ2) is 6.77. The number of carbonyl (C=O) groups is 1. The fourth-order valence-electron chi connectivity index (χ4n) is 2.60. The molecule has 0 spiro atoms. The molecule has 146 valence electrons. The van der Waals surface area contributed by atoms with Crippen LogP contribution in [0.15, 0.2) is 42.6 Å². The molecule has 0 saturated carbocycles. The second-order valence-corrected chi connectivity index (χ2v) is 5.67. The van der Waals surface area contributed by atoms with Crippen LogP contribution in [0.2, 0.25) is 0 Å². The Balaban J connectivity index is 2.43. The van der Waals surface area contributed by atoms with Crippen LogP contribution >= 0.6 is 0 Å². The molecule has 0 aliphatic rings. The van der Waals surface area contributed by atoms with E-state index in [0.29, 0.717) is 12.1 Å². The molecule has 0 unspecified atom stereocenters. The molecule has 2 aromatic heterocycles. The number of ketones is 1. The molecule has 0 aliphatic heterocycles. The third kappa shape index (κ3) is 3.62. The van der Waals surface area contributed by atoms with E-state index < -0.39 is 45.9 Å². The van der Waals surface area contributed by atoms with Crippen molar-refractivity contribution in [1.29, 1.82) is 0 Å². The van der Waals surface area contributed by atoms with Gasteiger partial charge in [0.15, 0.2) is 0 Å². The van der Waals surface area contributed by atoms with Crippen LogP contribution in [-0.4, -0.2) is 22.9 Å². The average Bonchev–Trinajstić information content (AvgIpc) is 2.64. The number of carbonyl (C=O) groups excluding carboxylic acids is 1. The Morgan fingerprint density at radius 3 is 2.25 bits per heavy atom. The molecule has 10 heteroatoms. The van der Waals surface area contributed by atoms with Gasteiger partial charge in [-0.15, -0.1) is 0 Å². The summed E-state index contributed by atoms with van der Waals surface area (Å²) >= 11 is 0. The fourth-order valence-corrected chi connectivity index (χ4v) is 2.60. The van der Waals surface area contributed by atoms with Gasteiger partial charge < -0.3 is 4.74 Å². The fraction of sp³-hybridized carbons (Fsp3) is 0.167. The van der Waals surface area contributed by atoms with E-state index in [1.165, 1.54) is 24.4 Å². The van der Waals surface area contributed by atoms with Crippen LogP contribution in [0.25, 0.3) is 10.9 Å². The van der Waals surface area contributed by atoms with Gasteiger partial charge in [0.1, 0.15) is 17.1 Å². The number of fused-ring (bicyclic) bond motifs is 1. The Kier molecular flexibility index (Phi) is 4.74. The van der Waals surface area contributed by atoms with Crippen molar-refractivity contribution in [2.24, 2.45) is 0 Å². The molecule has 28 heavy (non-hydrogen) atoms. The summed E-state index contributed by atoms with van der Waals surface area (Å²) in [6.07, 6.45) is -8.84. The van der Waals surface area contributed by atoms with E-state index in [1.54, 1.807) is 0 Å². The molecule has 0 radical (unpaired) electrons. The molecule has 1 aromatic carbocycles. The first kappa shape index (κ1) is 19.6. The van der Waals surface area contributed by atoms with Crippen molar-refractivity contribution in [2.45, 2.75) is 12.4 Å². The molecule has 4 nitrogen and oxygen atoms in total. The van der Waals surface area contributed by atoms with Gasteiger partial charge in [0.25, 0.3) is 0 Å². The van der Waals surface area contributed by atoms with E-state index in [-0.39, 0.29) is 11.4 Å². The largest absolute Gasteiger partial charge is 0.497 e. The highest BCUT2D eigenvalue weighted by molar-refractivity contribution is 6.15. The van der Waals surface area contributed by atoms with Crippen molar-refractivity contribution in [2.75, 3.05) is 7.11 Å². The molecule has 2 heterocycles. The maximum absolute atomic E-state index is 13.4. The first-order valence-corrected chi connectivity index (χ1v) is 7.65. The summed E-state index contributed by atoms with van der Waals surface area (Å²) in [5.74, 6) is -1.25. The summed E-state index contributed by atoms with van der Waals surface area (Å²) in [5, 5.41) is -0.421. The third-order valence-corrected chi connectivity index (χ3v) is 3.86. The van der Waals surface area contributed by atoms with Crippen LogP contribution in [-0.2, 0) is 12.4 Å². The zero-order chi connectivity index (χ0) is 20.7. The third-order valence-electron chi connectivity index (χ3n) is 3.86. The predicted molar refractivity (Wildman–Crippen MR) is 86.0 cm³/mol. The van der Waals surface area contributed by atoms with Crippen LogP contribution in [0.5, 0.6) is 5.75 Å². The lowest BCUT2D eigenvalue weighted by Crippen LogP contribution is -2.15. The van der Waals surface area contributed by atoms with E-state index in [9.17, 15) is 31.1 Å². The van der Waals surface area contributed by atoms with Gasteiger partial charge in [0.2, 0.25) is 5.78 Å². The number of rotatable bonds is 3. The van der Waals surface area contributed by atoms with Crippen molar-refractivity contribution in [1.82, 2.24) is 9.97 Å². The van der Waals surface area contributed by atoms with Gasteiger partial charge in [0.05, 0.1) is 18.2 Å². The Bertz CT molecular complexity index is 1050. The van der Waals surface area contributed by atoms with Crippen molar-refractivity contribution in [3.8, 4) is 5.75 Å². The lowest BCUT2D eigenvalue weighted by molar-refractivity contribution is -0.142. The first-order chi connectivity index (χ1) is 13.0. The zero-order valence-electron chi connectivity index (χ0n) is 14.0. The normalized spacial score (nSPS) is 12.2. The number of pyridine rings is 2. The zero-order valence-corrected chi connectivity index (χ0v) is 14.0. The second-order valence-electron chi connectivity index (χ2n) is 5.67. The average molecular weight is 400 g/mol.